The number of carbonyl (C=O) groups is 1. The van der Waals surface area contributed by atoms with Gasteiger partial charge in [-0.3, -0.25) is 9.59 Å². The van der Waals surface area contributed by atoms with Crippen molar-refractivity contribution in [3.8, 4) is 0 Å². The van der Waals surface area contributed by atoms with Crippen molar-refractivity contribution in [2.24, 2.45) is 17.3 Å². The zero-order valence-corrected chi connectivity index (χ0v) is 13.2. The lowest BCUT2D eigenvalue weighted by atomic mass is 9.50. The molecular formula is C19H18O4. The van der Waals surface area contributed by atoms with Crippen LogP contribution in [0.3, 0.4) is 0 Å². The minimum Gasteiger partial charge on any atom is -0.459 e. The third-order valence-corrected chi connectivity index (χ3v) is 7.36. The molecule has 4 nitrogen and oxygen atoms in total. The summed E-state index contributed by atoms with van der Waals surface area (Å²) < 4.78 is 12.3. The van der Waals surface area contributed by atoms with Crippen LogP contribution in [0.5, 0.6) is 0 Å². The fourth-order valence-corrected chi connectivity index (χ4v) is 6.56. The Morgan fingerprint density at radius 1 is 1.17 bits per heavy atom. The lowest BCUT2D eigenvalue weighted by Crippen LogP contribution is -2.64. The highest BCUT2D eigenvalue weighted by atomic mass is 16.6. The van der Waals surface area contributed by atoms with Crippen molar-refractivity contribution in [3.63, 3.8) is 0 Å². The molecule has 4 heteroatoms. The van der Waals surface area contributed by atoms with Gasteiger partial charge < -0.3 is 9.47 Å². The molecule has 1 aromatic carbocycles. The molecule has 0 N–H and O–H groups in total. The number of ether oxygens (including phenoxy) is 2. The first-order chi connectivity index (χ1) is 11.0. The lowest BCUT2D eigenvalue weighted by Gasteiger charge is -2.57. The Labute approximate surface area is 133 Å². The van der Waals surface area contributed by atoms with Crippen molar-refractivity contribution in [1.82, 2.24) is 0 Å². The minimum atomic E-state index is -0.444. The third kappa shape index (κ3) is 1.11. The molecule has 0 radical (unpaired) electrons. The molecule has 3 saturated heterocycles. The molecule has 23 heavy (non-hydrogen) atoms. The first-order valence-corrected chi connectivity index (χ1v) is 8.58. The minimum absolute atomic E-state index is 0.00826. The predicted molar refractivity (Wildman–Crippen MR) is 81.1 cm³/mol. The van der Waals surface area contributed by atoms with Gasteiger partial charge in [0.25, 0.3) is 0 Å². The van der Waals surface area contributed by atoms with Crippen molar-refractivity contribution in [2.75, 3.05) is 0 Å². The molecule has 4 fully saturated rings. The summed E-state index contributed by atoms with van der Waals surface area (Å²) >= 11 is 0. The summed E-state index contributed by atoms with van der Waals surface area (Å²) in [6.45, 7) is 4.17. The third-order valence-electron chi connectivity index (χ3n) is 7.36. The molecule has 3 heterocycles. The largest absolute Gasteiger partial charge is 0.459 e. The van der Waals surface area contributed by atoms with E-state index in [9.17, 15) is 9.59 Å². The average Bonchev–Trinajstić information content (AvgIpc) is 2.95. The number of aryl methyl sites for hydroxylation is 2. The predicted octanol–water partition coefficient (Wildman–Crippen LogP) is 2.02. The molecule has 3 unspecified atom stereocenters. The van der Waals surface area contributed by atoms with Gasteiger partial charge in [-0.25, -0.2) is 0 Å². The van der Waals surface area contributed by atoms with Gasteiger partial charge in [0, 0.05) is 17.8 Å². The van der Waals surface area contributed by atoms with Crippen LogP contribution in [0, 0.1) is 24.2 Å². The molecule has 3 aliphatic heterocycles. The zero-order valence-electron chi connectivity index (χ0n) is 13.2. The number of esters is 1. The van der Waals surface area contributed by atoms with E-state index in [1.807, 2.05) is 6.92 Å². The van der Waals surface area contributed by atoms with E-state index < -0.39 is 5.41 Å². The Hall–Kier alpha value is -1.68. The van der Waals surface area contributed by atoms with Crippen LogP contribution in [0.1, 0.15) is 47.6 Å². The van der Waals surface area contributed by atoms with E-state index in [-0.39, 0.29) is 47.5 Å². The topological polar surface area (TPSA) is 52.6 Å². The highest BCUT2D eigenvalue weighted by molar-refractivity contribution is 5.83. The van der Waals surface area contributed by atoms with Gasteiger partial charge in [0.2, 0.25) is 0 Å². The fourth-order valence-electron chi connectivity index (χ4n) is 6.56. The van der Waals surface area contributed by atoms with Crippen LogP contribution in [-0.2, 0) is 20.7 Å². The zero-order chi connectivity index (χ0) is 15.7. The molecule has 6 aliphatic rings. The number of fused-ring (bicyclic) bond motifs is 2. The van der Waals surface area contributed by atoms with Crippen molar-refractivity contribution in [3.05, 3.63) is 44.6 Å². The maximum absolute atomic E-state index is 12.9. The summed E-state index contributed by atoms with van der Waals surface area (Å²) in [6, 6.07) is 3.52. The summed E-state index contributed by atoms with van der Waals surface area (Å²) in [5.41, 5.74) is 4.19. The quantitative estimate of drug-likeness (QED) is 0.688. The van der Waals surface area contributed by atoms with Gasteiger partial charge >= 0.3 is 5.97 Å². The summed E-state index contributed by atoms with van der Waals surface area (Å²) in [6.07, 6.45) is 1.47. The molecule has 7 atom stereocenters. The molecule has 7 rings (SSSR count). The van der Waals surface area contributed by atoms with Crippen LogP contribution in [-0.4, -0.2) is 18.2 Å². The highest BCUT2D eigenvalue weighted by Gasteiger charge is 2.76. The first kappa shape index (κ1) is 12.7. The number of hydrogen-bond donors (Lipinski definition) is 0. The second-order valence-electron chi connectivity index (χ2n) is 8.00. The molecule has 4 bridgehead atoms. The van der Waals surface area contributed by atoms with E-state index in [0.29, 0.717) is 0 Å². The highest BCUT2D eigenvalue weighted by Crippen LogP contribution is 2.73. The van der Waals surface area contributed by atoms with Crippen molar-refractivity contribution in [2.45, 2.75) is 50.9 Å². The van der Waals surface area contributed by atoms with Gasteiger partial charge in [-0.2, -0.15) is 0 Å². The number of carbonyl (C=O) groups excluding carboxylic acids is 1. The van der Waals surface area contributed by atoms with Gasteiger partial charge in [0.15, 0.2) is 5.43 Å². The maximum atomic E-state index is 12.9. The monoisotopic (exact) mass is 310 g/mol. The SMILES string of the molecule is Cc1cc(=O)cc2c3c1[C@H]1OC4C5OC(=O)C(CC2)([C@H]3[C@@H]51)[C@H]4C. The van der Waals surface area contributed by atoms with Crippen LogP contribution in [0.25, 0.3) is 0 Å². The second kappa shape index (κ2) is 3.54. The van der Waals surface area contributed by atoms with Gasteiger partial charge in [-0.15, -0.1) is 0 Å². The van der Waals surface area contributed by atoms with Gasteiger partial charge in [0.1, 0.15) is 6.10 Å². The molecule has 118 valence electrons. The molecular weight excluding hydrogens is 292 g/mol. The van der Waals surface area contributed by atoms with E-state index in [1.54, 1.807) is 12.1 Å². The Balaban J connectivity index is 1.78. The van der Waals surface area contributed by atoms with Crippen LogP contribution in [0.2, 0.25) is 0 Å². The molecule has 1 aromatic rings. The van der Waals surface area contributed by atoms with E-state index in [4.69, 9.17) is 9.47 Å². The van der Waals surface area contributed by atoms with Crippen LogP contribution in [0.4, 0.5) is 0 Å². The van der Waals surface area contributed by atoms with Crippen molar-refractivity contribution >= 4 is 5.97 Å². The van der Waals surface area contributed by atoms with Crippen LogP contribution < -0.4 is 5.43 Å². The van der Waals surface area contributed by atoms with Crippen molar-refractivity contribution < 1.29 is 14.3 Å². The summed E-state index contributed by atoms with van der Waals surface area (Å²) in [7, 11) is 0. The van der Waals surface area contributed by atoms with Gasteiger partial charge in [-0.05, 0) is 54.2 Å². The standard InChI is InChI=1S/C19H18O4/c1-7-5-10(20)6-9-3-4-19-8(2)15-17(23-18(19)21)13-14(19)12(9)11(7)16(13)22-15/h5-6,8,13-17H,3-4H2,1-2H3/t8-,13+,14+,15?,16+,17?,19?/m0/s1. The summed E-state index contributed by atoms with van der Waals surface area (Å²) in [5.74, 6) is 0.594. The van der Waals surface area contributed by atoms with Crippen molar-refractivity contribution in [1.29, 1.82) is 0 Å². The average molecular weight is 310 g/mol. The molecule has 0 amide bonds. The lowest BCUT2D eigenvalue weighted by molar-refractivity contribution is -0.215. The van der Waals surface area contributed by atoms with E-state index in [1.165, 1.54) is 11.1 Å². The van der Waals surface area contributed by atoms with E-state index in [0.717, 1.165) is 24.0 Å². The smallest absolute Gasteiger partial charge is 0.313 e. The van der Waals surface area contributed by atoms with Crippen LogP contribution >= 0.6 is 0 Å². The summed E-state index contributed by atoms with van der Waals surface area (Å²) in [5, 5.41) is 0. The number of hydrogen-bond acceptors (Lipinski definition) is 4. The Kier molecular flexibility index (Phi) is 1.95. The summed E-state index contributed by atoms with van der Waals surface area (Å²) in [4.78, 5) is 25.0. The molecule has 0 aromatic heterocycles. The van der Waals surface area contributed by atoms with E-state index in [2.05, 4.69) is 6.92 Å². The van der Waals surface area contributed by atoms with Crippen LogP contribution in [0.15, 0.2) is 16.9 Å². The normalized spacial score (nSPS) is 47.0. The fraction of sp³-hybridized carbons (Fsp3) is 0.579. The first-order valence-electron chi connectivity index (χ1n) is 8.58. The second-order valence-corrected chi connectivity index (χ2v) is 8.00. The van der Waals surface area contributed by atoms with Gasteiger partial charge in [0.05, 0.1) is 17.6 Å². The van der Waals surface area contributed by atoms with Gasteiger partial charge in [-0.1, -0.05) is 6.92 Å². The molecule has 3 aliphatic carbocycles. The Morgan fingerprint density at radius 3 is 2.83 bits per heavy atom. The molecule has 1 spiro atoms. The Morgan fingerprint density at radius 2 is 2.00 bits per heavy atom. The maximum Gasteiger partial charge on any atom is 0.313 e. The Bertz CT molecular complexity index is 859. The van der Waals surface area contributed by atoms with E-state index >= 15 is 0 Å². The molecule has 1 saturated carbocycles. The number of rotatable bonds is 0.